The van der Waals surface area contributed by atoms with Gasteiger partial charge < -0.3 is 14.1 Å². The molecule has 0 spiro atoms. The molecule has 0 fully saturated rings. The zero-order chi connectivity index (χ0) is 17.9. The smallest absolute Gasteiger partial charge is 0.228 e. The number of nitrogens with zero attached hydrogens (tertiary/aromatic N) is 3. The maximum atomic E-state index is 12.7. The lowest BCUT2D eigenvalue weighted by Crippen LogP contribution is -2.36. The molecule has 1 aliphatic rings. The van der Waals surface area contributed by atoms with Gasteiger partial charge in [-0.1, -0.05) is 30.3 Å². The highest BCUT2D eigenvalue weighted by Crippen LogP contribution is 2.25. The summed E-state index contributed by atoms with van der Waals surface area (Å²) in [7, 11) is 1.61. The van der Waals surface area contributed by atoms with Gasteiger partial charge in [0.1, 0.15) is 23.1 Å². The molecule has 0 radical (unpaired) electrons. The number of carbonyl (C=O) groups excluding carboxylic acids is 1. The fourth-order valence-electron chi connectivity index (χ4n) is 3.02. The summed E-state index contributed by atoms with van der Waals surface area (Å²) in [5.41, 5.74) is 2.72. The summed E-state index contributed by atoms with van der Waals surface area (Å²) in [6.45, 7) is 1.47. The molecule has 3 aromatic rings. The predicted octanol–water partition coefficient (Wildman–Crippen LogP) is 3.07. The van der Waals surface area contributed by atoms with Crippen LogP contribution in [0.1, 0.15) is 23.0 Å². The molecule has 1 amide bonds. The van der Waals surface area contributed by atoms with Crippen molar-refractivity contribution in [2.75, 3.05) is 13.7 Å². The van der Waals surface area contributed by atoms with Crippen molar-refractivity contribution < 1.29 is 13.9 Å². The van der Waals surface area contributed by atoms with Gasteiger partial charge in [0.05, 0.1) is 18.7 Å². The summed E-state index contributed by atoms with van der Waals surface area (Å²) in [5, 5.41) is 2.90. The van der Waals surface area contributed by atoms with Gasteiger partial charge in [-0.05, 0) is 0 Å². The summed E-state index contributed by atoms with van der Waals surface area (Å²) in [6, 6.07) is 10.0. The van der Waals surface area contributed by atoms with E-state index in [4.69, 9.17) is 9.15 Å². The number of rotatable bonds is 5. The number of hydrogen-bond donors (Lipinski definition) is 0. The van der Waals surface area contributed by atoms with Crippen LogP contribution in [-0.4, -0.2) is 34.4 Å². The summed E-state index contributed by atoms with van der Waals surface area (Å²) < 4.78 is 10.7. The molecular formula is C19H19N3O3S. The highest BCUT2D eigenvalue weighted by Gasteiger charge is 2.25. The fraction of sp³-hybridized carbons (Fsp3) is 0.316. The average molecular weight is 369 g/mol. The summed E-state index contributed by atoms with van der Waals surface area (Å²) in [6.07, 6.45) is 0.992. The van der Waals surface area contributed by atoms with Crippen LogP contribution in [0.4, 0.5) is 0 Å². The second kappa shape index (κ2) is 7.39. The van der Waals surface area contributed by atoms with Gasteiger partial charge in [0, 0.05) is 31.0 Å². The molecule has 0 bridgehead atoms. The minimum Gasteiger partial charge on any atom is -0.443 e. The third-order valence-electron chi connectivity index (χ3n) is 4.30. The molecule has 2 aromatic heterocycles. The van der Waals surface area contributed by atoms with Crippen molar-refractivity contribution >= 4 is 17.2 Å². The lowest BCUT2D eigenvalue weighted by molar-refractivity contribution is -0.131. The molecule has 4 rings (SSSR count). The highest BCUT2D eigenvalue weighted by atomic mass is 32.1. The van der Waals surface area contributed by atoms with Crippen LogP contribution >= 0.6 is 11.3 Å². The summed E-state index contributed by atoms with van der Waals surface area (Å²) in [5.74, 6) is 1.50. The van der Waals surface area contributed by atoms with E-state index in [1.54, 1.807) is 18.4 Å². The summed E-state index contributed by atoms with van der Waals surface area (Å²) in [4.78, 5) is 23.5. The van der Waals surface area contributed by atoms with Crippen LogP contribution in [0.2, 0.25) is 0 Å². The first-order chi connectivity index (χ1) is 12.7. The van der Waals surface area contributed by atoms with E-state index < -0.39 is 0 Å². The van der Waals surface area contributed by atoms with Crippen LogP contribution in [0.25, 0.3) is 10.6 Å². The number of amides is 1. The van der Waals surface area contributed by atoms with Gasteiger partial charge in [0.15, 0.2) is 0 Å². The Balaban J connectivity index is 1.42. The van der Waals surface area contributed by atoms with Gasteiger partial charge in [-0.25, -0.2) is 9.97 Å². The lowest BCUT2D eigenvalue weighted by Gasteiger charge is -2.25. The Morgan fingerprint density at radius 2 is 2.15 bits per heavy atom. The normalized spacial score (nSPS) is 13.7. The lowest BCUT2D eigenvalue weighted by atomic mass is 10.1. The maximum Gasteiger partial charge on any atom is 0.228 e. The predicted molar refractivity (Wildman–Crippen MR) is 97.6 cm³/mol. The van der Waals surface area contributed by atoms with E-state index in [2.05, 4.69) is 9.97 Å². The number of methoxy groups -OCH3 is 1. The van der Waals surface area contributed by atoms with Crippen LogP contribution in [0.3, 0.4) is 0 Å². The molecule has 134 valence electrons. The van der Waals surface area contributed by atoms with E-state index in [1.165, 1.54) is 0 Å². The van der Waals surface area contributed by atoms with Crippen LogP contribution in [0, 0.1) is 0 Å². The third-order valence-corrected chi connectivity index (χ3v) is 5.24. The number of carbonyl (C=O) groups is 1. The Labute approximate surface area is 155 Å². The molecule has 0 saturated carbocycles. The second-order valence-corrected chi connectivity index (χ2v) is 7.02. The number of ether oxygens (including phenoxy) is 1. The van der Waals surface area contributed by atoms with Gasteiger partial charge in [-0.3, -0.25) is 4.79 Å². The van der Waals surface area contributed by atoms with E-state index in [1.807, 2.05) is 40.6 Å². The molecule has 0 aliphatic carbocycles. The number of hydrogen-bond acceptors (Lipinski definition) is 6. The number of aromatic nitrogens is 2. The van der Waals surface area contributed by atoms with Crippen molar-refractivity contribution in [2.45, 2.75) is 26.0 Å². The molecule has 0 saturated heterocycles. The molecule has 1 aromatic carbocycles. The first kappa shape index (κ1) is 16.9. The summed E-state index contributed by atoms with van der Waals surface area (Å²) >= 11 is 1.57. The van der Waals surface area contributed by atoms with Crippen molar-refractivity contribution in [3.8, 4) is 10.6 Å². The van der Waals surface area contributed by atoms with Crippen LogP contribution in [0.15, 0.2) is 40.1 Å². The van der Waals surface area contributed by atoms with Crippen molar-refractivity contribution in [2.24, 2.45) is 0 Å². The van der Waals surface area contributed by atoms with E-state index in [-0.39, 0.29) is 5.91 Å². The Morgan fingerprint density at radius 1 is 1.31 bits per heavy atom. The Kier molecular flexibility index (Phi) is 4.81. The van der Waals surface area contributed by atoms with E-state index in [9.17, 15) is 4.79 Å². The topological polar surface area (TPSA) is 68.5 Å². The van der Waals surface area contributed by atoms with E-state index in [0.717, 1.165) is 27.7 Å². The second-order valence-electron chi connectivity index (χ2n) is 6.16. The molecular weight excluding hydrogens is 350 g/mol. The molecule has 7 heteroatoms. The van der Waals surface area contributed by atoms with Gasteiger partial charge in [0.25, 0.3) is 0 Å². The minimum absolute atomic E-state index is 0.0665. The molecule has 0 atom stereocenters. The molecule has 0 N–H and O–H groups in total. The SMILES string of the molecule is COCc1nc2c(o1)CCN(C(=O)Cc1csc(-c3ccccc3)n1)C2. The highest BCUT2D eigenvalue weighted by molar-refractivity contribution is 7.13. The van der Waals surface area contributed by atoms with Crippen LogP contribution in [0.5, 0.6) is 0 Å². The van der Waals surface area contributed by atoms with E-state index in [0.29, 0.717) is 38.4 Å². The van der Waals surface area contributed by atoms with Gasteiger partial charge >= 0.3 is 0 Å². The Hall–Kier alpha value is -2.51. The van der Waals surface area contributed by atoms with Crippen molar-refractivity contribution in [3.63, 3.8) is 0 Å². The first-order valence-electron chi connectivity index (χ1n) is 8.47. The Morgan fingerprint density at radius 3 is 2.96 bits per heavy atom. The number of oxazole rings is 1. The Bertz CT molecular complexity index is 904. The van der Waals surface area contributed by atoms with Crippen LogP contribution in [-0.2, 0) is 35.5 Å². The standard InChI is InChI=1S/C19H19N3O3S/c1-24-11-17-21-15-10-22(8-7-16(15)25-17)18(23)9-14-12-26-19(20-14)13-5-3-2-4-6-13/h2-6,12H,7-11H2,1H3. The van der Waals surface area contributed by atoms with Gasteiger partial charge in [-0.15, -0.1) is 11.3 Å². The largest absolute Gasteiger partial charge is 0.443 e. The van der Waals surface area contributed by atoms with Crippen molar-refractivity contribution in [3.05, 3.63) is 58.8 Å². The average Bonchev–Trinajstić information content (AvgIpc) is 3.28. The van der Waals surface area contributed by atoms with Crippen molar-refractivity contribution in [1.29, 1.82) is 0 Å². The number of thiazole rings is 1. The maximum absolute atomic E-state index is 12.7. The zero-order valence-corrected chi connectivity index (χ0v) is 15.3. The molecule has 26 heavy (non-hydrogen) atoms. The number of fused-ring (bicyclic) bond motifs is 1. The number of benzene rings is 1. The minimum atomic E-state index is 0.0665. The van der Waals surface area contributed by atoms with Crippen molar-refractivity contribution in [1.82, 2.24) is 14.9 Å². The van der Waals surface area contributed by atoms with Gasteiger partial charge in [-0.2, -0.15) is 0 Å². The zero-order valence-electron chi connectivity index (χ0n) is 14.5. The molecule has 3 heterocycles. The quantitative estimate of drug-likeness (QED) is 0.691. The molecule has 0 unspecified atom stereocenters. The van der Waals surface area contributed by atoms with Gasteiger partial charge in [0.2, 0.25) is 11.8 Å². The van der Waals surface area contributed by atoms with Crippen LogP contribution < -0.4 is 0 Å². The van der Waals surface area contributed by atoms with E-state index >= 15 is 0 Å². The molecule has 1 aliphatic heterocycles. The third kappa shape index (κ3) is 3.54. The molecule has 6 nitrogen and oxygen atoms in total. The first-order valence-corrected chi connectivity index (χ1v) is 9.35. The monoisotopic (exact) mass is 369 g/mol. The fourth-order valence-corrected chi connectivity index (χ4v) is 3.84.